The molecule has 0 amide bonds. The van der Waals surface area contributed by atoms with Crippen molar-refractivity contribution in [2.75, 3.05) is 0 Å². The Bertz CT molecular complexity index is 507. The van der Waals surface area contributed by atoms with Crippen molar-refractivity contribution < 1.29 is 0 Å². The third-order valence-electron chi connectivity index (χ3n) is 2.06. The summed E-state index contributed by atoms with van der Waals surface area (Å²) in [7, 11) is 0. The highest BCUT2D eigenvalue weighted by Crippen LogP contribution is 2.28. The Morgan fingerprint density at radius 1 is 0.938 bits per heavy atom. The molecule has 0 atom stereocenters. The van der Waals surface area contributed by atoms with E-state index >= 15 is 0 Å². The Kier molecular flexibility index (Phi) is 3.91. The second-order valence-electron chi connectivity index (χ2n) is 3.26. The van der Waals surface area contributed by atoms with Gasteiger partial charge in [-0.1, -0.05) is 46.3 Å². The van der Waals surface area contributed by atoms with Gasteiger partial charge in [-0.25, -0.2) is 0 Å². The van der Waals surface area contributed by atoms with E-state index in [0.717, 1.165) is 20.2 Å². The van der Waals surface area contributed by atoms with Crippen molar-refractivity contribution in [3.8, 4) is 0 Å². The standard InChI is InChI=1S/C13H9Br2N/c14-11-6-7-13(12(15)8-11)16-9-10-4-2-1-3-5-10/h1-9H. The maximum absolute atomic E-state index is 4.42. The molecular weight excluding hydrogens is 330 g/mol. The predicted molar refractivity (Wildman–Crippen MR) is 75.5 cm³/mol. The van der Waals surface area contributed by atoms with Crippen LogP contribution in [0, 0.1) is 0 Å². The molecule has 2 aromatic rings. The third-order valence-corrected chi connectivity index (χ3v) is 3.19. The molecule has 0 radical (unpaired) electrons. The van der Waals surface area contributed by atoms with Gasteiger partial charge >= 0.3 is 0 Å². The van der Waals surface area contributed by atoms with Crippen molar-refractivity contribution in [2.45, 2.75) is 0 Å². The monoisotopic (exact) mass is 337 g/mol. The van der Waals surface area contributed by atoms with Gasteiger partial charge in [-0.05, 0) is 39.7 Å². The van der Waals surface area contributed by atoms with Gasteiger partial charge in [0.2, 0.25) is 0 Å². The molecule has 0 heterocycles. The Hall–Kier alpha value is -0.930. The molecule has 1 nitrogen and oxygen atoms in total. The van der Waals surface area contributed by atoms with Crippen molar-refractivity contribution in [1.82, 2.24) is 0 Å². The van der Waals surface area contributed by atoms with Gasteiger partial charge in [0, 0.05) is 15.2 Å². The molecule has 80 valence electrons. The molecule has 0 N–H and O–H groups in total. The van der Waals surface area contributed by atoms with Gasteiger partial charge in [-0.3, -0.25) is 4.99 Å². The second-order valence-corrected chi connectivity index (χ2v) is 5.03. The maximum Gasteiger partial charge on any atom is 0.0772 e. The number of benzene rings is 2. The first-order chi connectivity index (χ1) is 7.75. The summed E-state index contributed by atoms with van der Waals surface area (Å²) in [4.78, 5) is 4.42. The lowest BCUT2D eigenvalue weighted by molar-refractivity contribution is 1.48. The lowest BCUT2D eigenvalue weighted by atomic mass is 10.2. The predicted octanol–water partition coefficient (Wildman–Crippen LogP) is 4.96. The zero-order valence-electron chi connectivity index (χ0n) is 8.40. The van der Waals surface area contributed by atoms with Crippen LogP contribution in [0.4, 0.5) is 5.69 Å². The molecule has 2 aromatic carbocycles. The zero-order valence-corrected chi connectivity index (χ0v) is 11.6. The number of hydrogen-bond donors (Lipinski definition) is 0. The molecule has 0 aliphatic carbocycles. The van der Waals surface area contributed by atoms with E-state index in [1.54, 1.807) is 0 Å². The zero-order chi connectivity index (χ0) is 11.4. The fourth-order valence-corrected chi connectivity index (χ4v) is 2.42. The summed E-state index contributed by atoms with van der Waals surface area (Å²) < 4.78 is 2.02. The Morgan fingerprint density at radius 3 is 2.38 bits per heavy atom. The van der Waals surface area contributed by atoms with E-state index in [1.165, 1.54) is 0 Å². The van der Waals surface area contributed by atoms with E-state index in [4.69, 9.17) is 0 Å². The van der Waals surface area contributed by atoms with Crippen LogP contribution >= 0.6 is 31.9 Å². The van der Waals surface area contributed by atoms with E-state index in [1.807, 2.05) is 54.7 Å². The lowest BCUT2D eigenvalue weighted by Crippen LogP contribution is -1.78. The van der Waals surface area contributed by atoms with Crippen LogP contribution in [0.25, 0.3) is 0 Å². The second kappa shape index (κ2) is 5.41. The van der Waals surface area contributed by atoms with E-state index in [0.29, 0.717) is 0 Å². The largest absolute Gasteiger partial charge is 0.255 e. The summed E-state index contributed by atoms with van der Waals surface area (Å²) in [5, 5.41) is 0. The third kappa shape index (κ3) is 3.03. The summed E-state index contributed by atoms with van der Waals surface area (Å²) >= 11 is 6.89. The van der Waals surface area contributed by atoms with E-state index in [-0.39, 0.29) is 0 Å². The van der Waals surface area contributed by atoms with Gasteiger partial charge in [0.1, 0.15) is 0 Å². The molecule has 3 heteroatoms. The van der Waals surface area contributed by atoms with Crippen LogP contribution in [-0.4, -0.2) is 6.21 Å². The van der Waals surface area contributed by atoms with Crippen molar-refractivity contribution in [3.05, 3.63) is 63.0 Å². The van der Waals surface area contributed by atoms with Crippen LogP contribution < -0.4 is 0 Å². The number of rotatable bonds is 2. The SMILES string of the molecule is Brc1ccc(N=Cc2ccccc2)c(Br)c1. The minimum Gasteiger partial charge on any atom is -0.255 e. The Balaban J connectivity index is 2.24. The van der Waals surface area contributed by atoms with E-state index in [9.17, 15) is 0 Å². The molecule has 16 heavy (non-hydrogen) atoms. The van der Waals surface area contributed by atoms with Crippen LogP contribution in [0.2, 0.25) is 0 Å². The molecule has 0 unspecified atom stereocenters. The first-order valence-corrected chi connectivity index (χ1v) is 6.38. The van der Waals surface area contributed by atoms with Gasteiger partial charge < -0.3 is 0 Å². The van der Waals surface area contributed by atoms with Crippen LogP contribution in [-0.2, 0) is 0 Å². The van der Waals surface area contributed by atoms with Crippen molar-refractivity contribution >= 4 is 43.8 Å². The fraction of sp³-hybridized carbons (Fsp3) is 0. The van der Waals surface area contributed by atoms with Crippen molar-refractivity contribution in [2.24, 2.45) is 4.99 Å². The summed E-state index contributed by atoms with van der Waals surface area (Å²) in [6.45, 7) is 0. The minimum atomic E-state index is 0.923. The lowest BCUT2D eigenvalue weighted by Gasteiger charge is -1.98. The number of hydrogen-bond acceptors (Lipinski definition) is 1. The highest BCUT2D eigenvalue weighted by molar-refractivity contribution is 9.11. The first-order valence-electron chi connectivity index (χ1n) is 4.80. The van der Waals surface area contributed by atoms with Gasteiger partial charge in [0.15, 0.2) is 0 Å². The maximum atomic E-state index is 4.42. The Labute approximate surface area is 111 Å². The molecule has 0 fully saturated rings. The van der Waals surface area contributed by atoms with Gasteiger partial charge in [0.25, 0.3) is 0 Å². The number of aliphatic imine (C=N–C) groups is 1. The fourth-order valence-electron chi connectivity index (χ4n) is 1.27. The molecule has 0 bridgehead atoms. The van der Waals surface area contributed by atoms with Gasteiger partial charge in [-0.2, -0.15) is 0 Å². The van der Waals surface area contributed by atoms with Crippen LogP contribution in [0.15, 0.2) is 62.5 Å². The van der Waals surface area contributed by atoms with Crippen molar-refractivity contribution in [1.29, 1.82) is 0 Å². The molecular formula is C13H9Br2N. The van der Waals surface area contributed by atoms with Crippen LogP contribution in [0.5, 0.6) is 0 Å². The van der Waals surface area contributed by atoms with Crippen molar-refractivity contribution in [3.63, 3.8) is 0 Å². The molecule has 0 saturated carbocycles. The average molecular weight is 339 g/mol. The molecule has 0 spiro atoms. The highest BCUT2D eigenvalue weighted by atomic mass is 79.9. The minimum absolute atomic E-state index is 0.923. The first kappa shape index (κ1) is 11.6. The number of halogens is 2. The summed E-state index contributed by atoms with van der Waals surface area (Å²) in [6, 6.07) is 16.0. The van der Waals surface area contributed by atoms with Gasteiger partial charge in [0.05, 0.1) is 5.69 Å². The van der Waals surface area contributed by atoms with Crippen LogP contribution in [0.3, 0.4) is 0 Å². The van der Waals surface area contributed by atoms with E-state index in [2.05, 4.69) is 36.9 Å². The molecule has 0 aliphatic heterocycles. The molecule has 0 aromatic heterocycles. The van der Waals surface area contributed by atoms with Gasteiger partial charge in [-0.15, -0.1) is 0 Å². The quantitative estimate of drug-likeness (QED) is 0.686. The topological polar surface area (TPSA) is 12.4 Å². The average Bonchev–Trinajstić information content (AvgIpc) is 2.29. The molecule has 0 aliphatic rings. The van der Waals surface area contributed by atoms with E-state index < -0.39 is 0 Å². The summed E-state index contributed by atoms with van der Waals surface area (Å²) in [6.07, 6.45) is 1.86. The summed E-state index contributed by atoms with van der Waals surface area (Å²) in [5.74, 6) is 0. The normalized spacial score (nSPS) is 10.9. The number of nitrogens with zero attached hydrogens (tertiary/aromatic N) is 1. The highest BCUT2D eigenvalue weighted by Gasteiger charge is 1.97. The Morgan fingerprint density at radius 2 is 1.69 bits per heavy atom. The molecule has 2 rings (SSSR count). The molecule has 0 saturated heterocycles. The smallest absolute Gasteiger partial charge is 0.0772 e. The van der Waals surface area contributed by atoms with Crippen LogP contribution in [0.1, 0.15) is 5.56 Å². The summed E-state index contributed by atoms with van der Waals surface area (Å²) in [5.41, 5.74) is 2.02.